The fraction of sp³-hybridized carbons (Fsp3) is 0.583. The predicted molar refractivity (Wildman–Crippen MR) is 65.4 cm³/mol. The molecule has 1 aliphatic heterocycles. The number of carbonyl (C=O) groups excluding carboxylic acids is 1. The number of carbonyl (C=O) groups is 1. The zero-order chi connectivity index (χ0) is 12.5. The lowest BCUT2D eigenvalue weighted by atomic mass is 10.1. The van der Waals surface area contributed by atoms with E-state index >= 15 is 0 Å². The molecule has 0 aromatic carbocycles. The summed E-state index contributed by atoms with van der Waals surface area (Å²) in [4.78, 5) is 19.8. The highest BCUT2D eigenvalue weighted by Crippen LogP contribution is 2.38. The van der Waals surface area contributed by atoms with Gasteiger partial charge in [-0.3, -0.25) is 9.78 Å². The van der Waals surface area contributed by atoms with Crippen molar-refractivity contribution in [3.8, 4) is 0 Å². The van der Waals surface area contributed by atoms with E-state index in [0.717, 1.165) is 6.42 Å². The molecule has 1 aliphatic carbocycles. The average Bonchev–Trinajstić information content (AvgIpc) is 3.10. The summed E-state index contributed by atoms with van der Waals surface area (Å²) in [7, 11) is 0. The van der Waals surface area contributed by atoms with Crippen LogP contribution in [0.2, 0.25) is 5.15 Å². The SMILES string of the molecule is O=C(NC1CCOC1C1CC1)c1cncc(Cl)n1. The van der Waals surface area contributed by atoms with E-state index in [0.29, 0.717) is 12.5 Å². The van der Waals surface area contributed by atoms with Gasteiger partial charge in [0.1, 0.15) is 10.8 Å². The molecule has 2 heterocycles. The molecule has 1 saturated heterocycles. The second-order valence-corrected chi connectivity index (χ2v) is 5.16. The maximum Gasteiger partial charge on any atom is 0.271 e. The van der Waals surface area contributed by atoms with Gasteiger partial charge in [-0.15, -0.1) is 0 Å². The first-order chi connectivity index (χ1) is 8.74. The summed E-state index contributed by atoms with van der Waals surface area (Å²) < 4.78 is 5.67. The Bertz CT molecular complexity index is 464. The smallest absolute Gasteiger partial charge is 0.271 e. The number of aromatic nitrogens is 2. The molecular formula is C12H14ClN3O2. The molecule has 1 aromatic heterocycles. The number of halogens is 1. The maximum atomic E-state index is 12.0. The van der Waals surface area contributed by atoms with E-state index in [1.165, 1.54) is 25.2 Å². The maximum absolute atomic E-state index is 12.0. The lowest BCUT2D eigenvalue weighted by Crippen LogP contribution is -2.41. The Morgan fingerprint density at radius 2 is 2.22 bits per heavy atom. The first kappa shape index (κ1) is 11.9. The number of amides is 1. The van der Waals surface area contributed by atoms with Gasteiger partial charge in [0.15, 0.2) is 0 Å². The molecular weight excluding hydrogens is 254 g/mol. The third kappa shape index (κ3) is 2.47. The van der Waals surface area contributed by atoms with Crippen LogP contribution in [0.4, 0.5) is 0 Å². The molecule has 2 fully saturated rings. The highest BCUT2D eigenvalue weighted by atomic mass is 35.5. The number of rotatable bonds is 3. The quantitative estimate of drug-likeness (QED) is 0.900. The zero-order valence-corrected chi connectivity index (χ0v) is 10.6. The molecule has 2 aliphatic rings. The molecule has 2 unspecified atom stereocenters. The van der Waals surface area contributed by atoms with E-state index in [1.54, 1.807) is 0 Å². The van der Waals surface area contributed by atoms with Gasteiger partial charge >= 0.3 is 0 Å². The molecule has 5 nitrogen and oxygen atoms in total. The Kier molecular flexibility index (Phi) is 3.18. The van der Waals surface area contributed by atoms with Gasteiger partial charge in [-0.1, -0.05) is 11.6 Å². The van der Waals surface area contributed by atoms with Gasteiger partial charge in [0.2, 0.25) is 0 Å². The minimum atomic E-state index is -0.230. The first-order valence-electron chi connectivity index (χ1n) is 6.14. The second kappa shape index (κ2) is 4.82. The van der Waals surface area contributed by atoms with Crippen LogP contribution in [0, 0.1) is 5.92 Å². The number of hydrogen-bond acceptors (Lipinski definition) is 4. The highest BCUT2D eigenvalue weighted by Gasteiger charge is 2.41. The van der Waals surface area contributed by atoms with Gasteiger partial charge in [0.05, 0.1) is 24.5 Å². The van der Waals surface area contributed by atoms with Crippen molar-refractivity contribution >= 4 is 17.5 Å². The van der Waals surface area contributed by atoms with Crippen molar-refractivity contribution in [1.29, 1.82) is 0 Å². The normalized spacial score (nSPS) is 27.2. The van der Waals surface area contributed by atoms with Gasteiger partial charge in [-0.2, -0.15) is 0 Å². The molecule has 96 valence electrons. The van der Waals surface area contributed by atoms with Crippen LogP contribution in [0.5, 0.6) is 0 Å². The van der Waals surface area contributed by atoms with Crippen molar-refractivity contribution in [1.82, 2.24) is 15.3 Å². The van der Waals surface area contributed by atoms with Crippen LogP contribution in [0.1, 0.15) is 29.8 Å². The van der Waals surface area contributed by atoms with Crippen LogP contribution >= 0.6 is 11.6 Å². The van der Waals surface area contributed by atoms with Crippen molar-refractivity contribution in [2.45, 2.75) is 31.4 Å². The summed E-state index contributed by atoms with van der Waals surface area (Å²) in [6, 6.07) is 0.0887. The first-order valence-corrected chi connectivity index (χ1v) is 6.52. The number of hydrogen-bond donors (Lipinski definition) is 1. The standard InChI is InChI=1S/C12H14ClN3O2/c13-10-6-14-5-9(15-10)12(17)16-8-3-4-18-11(8)7-1-2-7/h5-8,11H,1-4H2,(H,16,17). The Balaban J connectivity index is 1.66. The molecule has 0 bridgehead atoms. The van der Waals surface area contributed by atoms with Crippen LogP contribution in [0.3, 0.4) is 0 Å². The summed E-state index contributed by atoms with van der Waals surface area (Å²) >= 11 is 5.72. The average molecular weight is 268 g/mol. The van der Waals surface area contributed by atoms with E-state index in [4.69, 9.17) is 16.3 Å². The van der Waals surface area contributed by atoms with Crippen LogP contribution in [0.15, 0.2) is 12.4 Å². The topological polar surface area (TPSA) is 64.1 Å². The molecule has 1 N–H and O–H groups in total. The fourth-order valence-corrected chi connectivity index (χ4v) is 2.50. The lowest BCUT2D eigenvalue weighted by molar-refractivity contribution is 0.0727. The van der Waals surface area contributed by atoms with Crippen LogP contribution < -0.4 is 5.32 Å². The molecule has 3 rings (SSSR count). The number of ether oxygens (including phenoxy) is 1. The van der Waals surface area contributed by atoms with Gasteiger partial charge < -0.3 is 10.1 Å². The summed E-state index contributed by atoms with van der Waals surface area (Å²) in [6.45, 7) is 0.716. The fourth-order valence-electron chi connectivity index (χ4n) is 2.35. The van der Waals surface area contributed by atoms with Gasteiger partial charge in [0.25, 0.3) is 5.91 Å². The van der Waals surface area contributed by atoms with Crippen molar-refractivity contribution in [3.05, 3.63) is 23.2 Å². The van der Waals surface area contributed by atoms with Crippen LogP contribution in [-0.2, 0) is 4.74 Å². The number of nitrogens with zero attached hydrogens (tertiary/aromatic N) is 2. The van der Waals surface area contributed by atoms with Crippen molar-refractivity contribution < 1.29 is 9.53 Å². The van der Waals surface area contributed by atoms with Gasteiger partial charge in [0, 0.05) is 6.61 Å². The van der Waals surface area contributed by atoms with Crippen molar-refractivity contribution in [2.75, 3.05) is 6.61 Å². The summed E-state index contributed by atoms with van der Waals surface area (Å²) in [5.74, 6) is 0.384. The minimum absolute atomic E-state index is 0.0887. The Labute approximate surface area is 110 Å². The monoisotopic (exact) mass is 267 g/mol. The van der Waals surface area contributed by atoms with Gasteiger partial charge in [-0.05, 0) is 25.2 Å². The predicted octanol–water partition coefficient (Wildman–Crippen LogP) is 1.43. The van der Waals surface area contributed by atoms with E-state index in [-0.39, 0.29) is 28.9 Å². The van der Waals surface area contributed by atoms with E-state index in [9.17, 15) is 4.79 Å². The Morgan fingerprint density at radius 1 is 1.39 bits per heavy atom. The van der Waals surface area contributed by atoms with E-state index in [2.05, 4.69) is 15.3 Å². The van der Waals surface area contributed by atoms with E-state index < -0.39 is 0 Å². The molecule has 18 heavy (non-hydrogen) atoms. The summed E-state index contributed by atoms with van der Waals surface area (Å²) in [6.07, 6.45) is 6.26. The van der Waals surface area contributed by atoms with Gasteiger partial charge in [-0.25, -0.2) is 4.98 Å². The molecule has 0 radical (unpaired) electrons. The molecule has 1 aromatic rings. The third-order valence-corrected chi connectivity index (χ3v) is 3.56. The Hall–Kier alpha value is -1.20. The highest BCUT2D eigenvalue weighted by molar-refractivity contribution is 6.29. The lowest BCUT2D eigenvalue weighted by Gasteiger charge is -2.19. The largest absolute Gasteiger partial charge is 0.376 e. The second-order valence-electron chi connectivity index (χ2n) is 4.77. The molecule has 6 heteroatoms. The minimum Gasteiger partial charge on any atom is -0.376 e. The van der Waals surface area contributed by atoms with Crippen molar-refractivity contribution in [3.63, 3.8) is 0 Å². The van der Waals surface area contributed by atoms with Crippen LogP contribution in [-0.4, -0.2) is 34.6 Å². The summed E-state index contributed by atoms with van der Waals surface area (Å²) in [5, 5.41) is 3.19. The molecule has 0 spiro atoms. The molecule has 2 atom stereocenters. The number of nitrogens with one attached hydrogen (secondary N) is 1. The summed E-state index contributed by atoms with van der Waals surface area (Å²) in [5.41, 5.74) is 0.254. The molecule has 1 saturated carbocycles. The van der Waals surface area contributed by atoms with Crippen LogP contribution in [0.25, 0.3) is 0 Å². The zero-order valence-electron chi connectivity index (χ0n) is 9.80. The van der Waals surface area contributed by atoms with E-state index in [1.807, 2.05) is 0 Å². The van der Waals surface area contributed by atoms with Crippen molar-refractivity contribution in [2.24, 2.45) is 5.92 Å². The third-order valence-electron chi connectivity index (χ3n) is 3.38. The molecule has 1 amide bonds. The Morgan fingerprint density at radius 3 is 2.94 bits per heavy atom.